The smallest absolute Gasteiger partial charge is 0.283 e. The van der Waals surface area contributed by atoms with E-state index in [1.807, 2.05) is 0 Å². The first-order valence-corrected chi connectivity index (χ1v) is 6.93. The Kier molecular flexibility index (Phi) is 5.94. The fourth-order valence-corrected chi connectivity index (χ4v) is 2.76. The number of aliphatic hydroxyl groups is 2. The molecule has 0 radical (unpaired) electrons. The highest BCUT2D eigenvalue weighted by Crippen LogP contribution is 2.32. The SMILES string of the molecule is Cc1cccc([N+](=O)[O-])c1SCC(O)C(O)CS. The molecule has 0 bridgehead atoms. The molecule has 0 aromatic heterocycles. The number of nitro groups is 1. The number of hydrogen-bond donors (Lipinski definition) is 3. The Morgan fingerprint density at radius 2 is 2.11 bits per heavy atom. The monoisotopic (exact) mass is 289 g/mol. The van der Waals surface area contributed by atoms with E-state index in [1.54, 1.807) is 19.1 Å². The maximum Gasteiger partial charge on any atom is 0.283 e. The van der Waals surface area contributed by atoms with E-state index >= 15 is 0 Å². The number of hydrogen-bond acceptors (Lipinski definition) is 6. The quantitative estimate of drug-likeness (QED) is 0.321. The van der Waals surface area contributed by atoms with Crippen molar-refractivity contribution in [2.24, 2.45) is 0 Å². The van der Waals surface area contributed by atoms with Crippen molar-refractivity contribution in [2.75, 3.05) is 11.5 Å². The van der Waals surface area contributed by atoms with Crippen LogP contribution >= 0.6 is 24.4 Å². The number of thioether (sulfide) groups is 1. The first-order valence-electron chi connectivity index (χ1n) is 5.31. The van der Waals surface area contributed by atoms with Crippen LogP contribution in [0.2, 0.25) is 0 Å². The molecule has 5 nitrogen and oxygen atoms in total. The van der Waals surface area contributed by atoms with Gasteiger partial charge in [0.15, 0.2) is 0 Å². The summed E-state index contributed by atoms with van der Waals surface area (Å²) in [6.07, 6.45) is -1.88. The first-order chi connectivity index (χ1) is 8.47. The van der Waals surface area contributed by atoms with Gasteiger partial charge in [0.2, 0.25) is 0 Å². The Balaban J connectivity index is 2.81. The van der Waals surface area contributed by atoms with Crippen LogP contribution in [-0.2, 0) is 0 Å². The Morgan fingerprint density at radius 1 is 1.44 bits per heavy atom. The second kappa shape index (κ2) is 6.98. The molecule has 18 heavy (non-hydrogen) atoms. The highest BCUT2D eigenvalue weighted by atomic mass is 32.2. The van der Waals surface area contributed by atoms with Crippen molar-refractivity contribution in [1.82, 2.24) is 0 Å². The minimum absolute atomic E-state index is 0.0209. The van der Waals surface area contributed by atoms with E-state index in [-0.39, 0.29) is 17.2 Å². The van der Waals surface area contributed by atoms with Crippen LogP contribution in [0.15, 0.2) is 23.1 Å². The lowest BCUT2D eigenvalue weighted by atomic mass is 10.2. The van der Waals surface area contributed by atoms with Crippen LogP contribution < -0.4 is 0 Å². The van der Waals surface area contributed by atoms with E-state index < -0.39 is 17.1 Å². The van der Waals surface area contributed by atoms with Gasteiger partial charge in [0, 0.05) is 17.6 Å². The Bertz CT molecular complexity index is 428. The number of nitro benzene ring substituents is 1. The lowest BCUT2D eigenvalue weighted by molar-refractivity contribution is -0.387. The third kappa shape index (κ3) is 3.88. The van der Waals surface area contributed by atoms with Gasteiger partial charge in [-0.15, -0.1) is 11.8 Å². The van der Waals surface area contributed by atoms with Crippen LogP contribution in [0.4, 0.5) is 5.69 Å². The lowest BCUT2D eigenvalue weighted by Gasteiger charge is -2.15. The molecule has 1 rings (SSSR count). The molecule has 100 valence electrons. The van der Waals surface area contributed by atoms with Gasteiger partial charge in [-0.05, 0) is 12.5 Å². The van der Waals surface area contributed by atoms with E-state index in [1.165, 1.54) is 17.8 Å². The fourth-order valence-electron chi connectivity index (χ4n) is 1.37. The second-order valence-corrected chi connectivity index (χ2v) is 5.20. The molecule has 0 aliphatic rings. The molecule has 0 aliphatic heterocycles. The molecule has 1 aromatic rings. The number of benzene rings is 1. The number of thiol groups is 1. The van der Waals surface area contributed by atoms with Crippen LogP contribution in [0.25, 0.3) is 0 Å². The maximum absolute atomic E-state index is 10.9. The predicted molar refractivity (Wildman–Crippen MR) is 74.4 cm³/mol. The molecule has 0 aliphatic carbocycles. The van der Waals surface area contributed by atoms with Crippen LogP contribution in [0.3, 0.4) is 0 Å². The standard InChI is InChI=1S/C11H15NO4S2/c1-7-3-2-4-8(12(15)16)11(7)18-6-10(14)9(13)5-17/h2-4,9-10,13-14,17H,5-6H2,1H3. The number of rotatable bonds is 6. The van der Waals surface area contributed by atoms with Gasteiger partial charge in [0.1, 0.15) is 0 Å². The van der Waals surface area contributed by atoms with E-state index in [4.69, 9.17) is 0 Å². The van der Waals surface area contributed by atoms with Crippen molar-refractivity contribution in [3.8, 4) is 0 Å². The lowest BCUT2D eigenvalue weighted by Crippen LogP contribution is -2.29. The highest BCUT2D eigenvalue weighted by molar-refractivity contribution is 7.99. The van der Waals surface area contributed by atoms with Gasteiger partial charge in [-0.2, -0.15) is 12.6 Å². The Hall–Kier alpha value is -0.760. The van der Waals surface area contributed by atoms with Crippen molar-refractivity contribution in [3.63, 3.8) is 0 Å². The molecule has 0 saturated carbocycles. The summed E-state index contributed by atoms with van der Waals surface area (Å²) < 4.78 is 0. The number of aliphatic hydroxyl groups excluding tert-OH is 2. The van der Waals surface area contributed by atoms with Gasteiger partial charge >= 0.3 is 0 Å². The van der Waals surface area contributed by atoms with E-state index in [0.29, 0.717) is 4.90 Å². The number of nitrogens with zero attached hydrogens (tertiary/aromatic N) is 1. The van der Waals surface area contributed by atoms with Gasteiger partial charge in [-0.3, -0.25) is 10.1 Å². The van der Waals surface area contributed by atoms with Crippen LogP contribution in [0.5, 0.6) is 0 Å². The van der Waals surface area contributed by atoms with Gasteiger partial charge in [-0.25, -0.2) is 0 Å². The van der Waals surface area contributed by atoms with Crippen molar-refractivity contribution < 1.29 is 15.1 Å². The van der Waals surface area contributed by atoms with Crippen molar-refractivity contribution >= 4 is 30.1 Å². The Labute approximate surface area is 115 Å². The van der Waals surface area contributed by atoms with Crippen molar-refractivity contribution in [3.05, 3.63) is 33.9 Å². The largest absolute Gasteiger partial charge is 0.390 e. The molecule has 2 unspecified atom stereocenters. The third-order valence-corrected chi connectivity index (χ3v) is 4.12. The average Bonchev–Trinajstić information content (AvgIpc) is 2.35. The summed E-state index contributed by atoms with van der Waals surface area (Å²) in [7, 11) is 0. The molecule has 0 amide bonds. The van der Waals surface area contributed by atoms with Crippen molar-refractivity contribution in [2.45, 2.75) is 24.0 Å². The zero-order valence-corrected chi connectivity index (χ0v) is 11.5. The zero-order valence-electron chi connectivity index (χ0n) is 9.81. The second-order valence-electron chi connectivity index (χ2n) is 3.81. The van der Waals surface area contributed by atoms with Crippen LogP contribution in [0.1, 0.15) is 5.56 Å². The minimum Gasteiger partial charge on any atom is -0.390 e. The minimum atomic E-state index is -0.952. The molecule has 2 atom stereocenters. The highest BCUT2D eigenvalue weighted by Gasteiger charge is 2.20. The maximum atomic E-state index is 10.9. The molecule has 2 N–H and O–H groups in total. The summed E-state index contributed by atoms with van der Waals surface area (Å²) in [6.45, 7) is 1.77. The predicted octanol–water partition coefficient (Wildman–Crippen LogP) is 1.65. The summed E-state index contributed by atoms with van der Waals surface area (Å²) in [5.74, 6) is 0.338. The topological polar surface area (TPSA) is 83.6 Å². The van der Waals surface area contributed by atoms with Crippen LogP contribution in [-0.4, -0.2) is 38.9 Å². The molecular formula is C11H15NO4S2. The molecule has 7 heteroatoms. The summed E-state index contributed by atoms with van der Waals surface area (Å²) in [5, 5.41) is 29.9. The van der Waals surface area contributed by atoms with Gasteiger partial charge in [0.05, 0.1) is 22.0 Å². The van der Waals surface area contributed by atoms with E-state index in [2.05, 4.69) is 12.6 Å². The molecule has 0 heterocycles. The van der Waals surface area contributed by atoms with Gasteiger partial charge in [0.25, 0.3) is 5.69 Å². The summed E-state index contributed by atoms with van der Waals surface area (Å²) >= 11 is 5.05. The van der Waals surface area contributed by atoms with Gasteiger partial charge < -0.3 is 10.2 Å². The summed E-state index contributed by atoms with van der Waals surface area (Å²) in [5.41, 5.74) is 0.800. The molecular weight excluding hydrogens is 274 g/mol. The molecule has 0 spiro atoms. The molecule has 0 saturated heterocycles. The fraction of sp³-hybridized carbons (Fsp3) is 0.455. The first kappa shape index (κ1) is 15.3. The zero-order chi connectivity index (χ0) is 13.7. The average molecular weight is 289 g/mol. The molecule has 0 fully saturated rings. The van der Waals surface area contributed by atoms with Crippen molar-refractivity contribution in [1.29, 1.82) is 0 Å². The summed E-state index contributed by atoms with van der Waals surface area (Å²) in [4.78, 5) is 11.0. The normalized spacial score (nSPS) is 14.2. The Morgan fingerprint density at radius 3 is 2.67 bits per heavy atom. The third-order valence-electron chi connectivity index (χ3n) is 2.42. The van der Waals surface area contributed by atoms with E-state index in [0.717, 1.165) is 5.56 Å². The number of aryl methyl sites for hydroxylation is 1. The molecule has 1 aromatic carbocycles. The van der Waals surface area contributed by atoms with Gasteiger partial charge in [-0.1, -0.05) is 12.1 Å². The van der Waals surface area contributed by atoms with E-state index in [9.17, 15) is 20.3 Å². The van der Waals surface area contributed by atoms with Crippen LogP contribution in [0, 0.1) is 17.0 Å². The summed E-state index contributed by atoms with van der Waals surface area (Å²) in [6, 6.07) is 4.82.